The van der Waals surface area contributed by atoms with Crippen molar-refractivity contribution in [1.29, 1.82) is 0 Å². The van der Waals surface area contributed by atoms with E-state index in [1.807, 2.05) is 6.07 Å². The maximum atomic E-state index is 13.5. The molecule has 0 radical (unpaired) electrons. The lowest BCUT2D eigenvalue weighted by Crippen LogP contribution is -2.50. The van der Waals surface area contributed by atoms with Gasteiger partial charge in [0.15, 0.2) is 0 Å². The number of pyridine rings is 1. The molecule has 3 N–H and O–H groups in total. The van der Waals surface area contributed by atoms with Crippen molar-refractivity contribution in [2.75, 3.05) is 75.7 Å². The minimum atomic E-state index is -3.69. The molecular weight excluding hydrogens is 556 g/mol. The predicted molar refractivity (Wildman–Crippen MR) is 155 cm³/mol. The number of benzene rings is 1. The van der Waals surface area contributed by atoms with Gasteiger partial charge in [-0.15, -0.1) is 0 Å². The molecule has 0 aliphatic carbocycles. The number of fused-ring (bicyclic) bond motifs is 1. The molecule has 218 valence electrons. The van der Waals surface area contributed by atoms with Gasteiger partial charge in [0.05, 0.1) is 36.7 Å². The van der Waals surface area contributed by atoms with E-state index in [4.69, 9.17) is 9.47 Å². The highest BCUT2D eigenvalue weighted by molar-refractivity contribution is 7.90. The van der Waals surface area contributed by atoms with Crippen molar-refractivity contribution < 1.29 is 26.3 Å². The van der Waals surface area contributed by atoms with Gasteiger partial charge in [0.2, 0.25) is 10.0 Å². The van der Waals surface area contributed by atoms with Crippen molar-refractivity contribution in [3.05, 3.63) is 36.5 Å². The zero-order chi connectivity index (χ0) is 28.3. The Hall–Kier alpha value is -2.91. The number of sulfone groups is 1. The highest BCUT2D eigenvalue weighted by atomic mass is 32.2. The van der Waals surface area contributed by atoms with Crippen molar-refractivity contribution >= 4 is 48.1 Å². The van der Waals surface area contributed by atoms with Crippen LogP contribution >= 0.6 is 0 Å². The van der Waals surface area contributed by atoms with Crippen LogP contribution < -0.4 is 15.4 Å². The molecule has 4 heterocycles. The third-order valence-electron chi connectivity index (χ3n) is 7.38. The van der Waals surface area contributed by atoms with Crippen LogP contribution in [-0.4, -0.2) is 107 Å². The Kier molecular flexibility index (Phi) is 8.52. The standard InChI is InChI=1S/C26H36N6O6S2/c1-37-24-17-20(40(35,36)32-10-6-19(7-11-32)31-12-14-38-15-13-31)3-4-22(24)29-25-18-23(27-9-16-39(2,33)34)21-5-8-28-26(21)30-25/h3-5,8,17-19H,6-7,9-16H2,1-2H3,(H3,27,28,29,30). The fourth-order valence-electron chi connectivity index (χ4n) is 5.23. The van der Waals surface area contributed by atoms with Crippen LogP contribution in [0.1, 0.15) is 12.8 Å². The molecule has 5 rings (SSSR count). The first-order valence-corrected chi connectivity index (χ1v) is 16.8. The second-order valence-corrected chi connectivity index (χ2v) is 14.3. The number of hydrogen-bond acceptors (Lipinski definition) is 10. The summed E-state index contributed by atoms with van der Waals surface area (Å²) in [6.45, 7) is 4.45. The maximum absolute atomic E-state index is 13.5. The van der Waals surface area contributed by atoms with E-state index < -0.39 is 19.9 Å². The molecule has 2 saturated heterocycles. The summed E-state index contributed by atoms with van der Waals surface area (Å²) in [6, 6.07) is 8.80. The van der Waals surface area contributed by atoms with Crippen molar-refractivity contribution in [3.8, 4) is 5.75 Å². The molecule has 14 heteroatoms. The average molecular weight is 593 g/mol. The summed E-state index contributed by atoms with van der Waals surface area (Å²) in [5.41, 5.74) is 1.88. The zero-order valence-corrected chi connectivity index (χ0v) is 24.4. The first-order chi connectivity index (χ1) is 19.1. The molecule has 2 aliphatic rings. The summed E-state index contributed by atoms with van der Waals surface area (Å²) in [4.78, 5) is 10.3. The first kappa shape index (κ1) is 28.6. The summed E-state index contributed by atoms with van der Waals surface area (Å²) in [6.07, 6.45) is 4.55. The largest absolute Gasteiger partial charge is 0.495 e. The molecule has 2 fully saturated rings. The summed E-state index contributed by atoms with van der Waals surface area (Å²) in [5, 5.41) is 7.21. The molecule has 0 unspecified atom stereocenters. The van der Waals surface area contributed by atoms with Gasteiger partial charge >= 0.3 is 0 Å². The number of nitrogens with zero attached hydrogens (tertiary/aromatic N) is 3. The van der Waals surface area contributed by atoms with Crippen LogP contribution in [0.5, 0.6) is 5.75 Å². The highest BCUT2D eigenvalue weighted by Crippen LogP contribution is 2.34. The number of ether oxygens (including phenoxy) is 2. The minimum absolute atomic E-state index is 0.00134. The monoisotopic (exact) mass is 592 g/mol. The Morgan fingerprint density at radius 2 is 1.80 bits per heavy atom. The van der Waals surface area contributed by atoms with Crippen molar-refractivity contribution in [2.45, 2.75) is 23.8 Å². The van der Waals surface area contributed by atoms with Crippen LogP contribution in [0.3, 0.4) is 0 Å². The number of aromatic amines is 1. The smallest absolute Gasteiger partial charge is 0.243 e. The number of sulfonamides is 1. The number of rotatable bonds is 10. The Labute approximate surface area is 235 Å². The summed E-state index contributed by atoms with van der Waals surface area (Å²) in [5.74, 6) is 0.846. The molecule has 2 aliphatic heterocycles. The zero-order valence-electron chi connectivity index (χ0n) is 22.7. The van der Waals surface area contributed by atoms with Crippen LogP contribution in [0, 0.1) is 0 Å². The summed E-state index contributed by atoms with van der Waals surface area (Å²) in [7, 11) is -5.31. The number of H-pyrrole nitrogens is 1. The van der Waals surface area contributed by atoms with Crippen molar-refractivity contribution in [1.82, 2.24) is 19.2 Å². The normalized spacial score (nSPS) is 18.1. The lowest BCUT2D eigenvalue weighted by molar-refractivity contribution is 0.00610. The number of anilines is 3. The molecule has 2 aromatic heterocycles. The molecule has 0 atom stereocenters. The Balaban J connectivity index is 1.31. The van der Waals surface area contributed by atoms with Crippen molar-refractivity contribution in [2.24, 2.45) is 0 Å². The van der Waals surface area contributed by atoms with E-state index in [1.54, 1.807) is 28.7 Å². The number of aromatic nitrogens is 2. The Bertz CT molecular complexity index is 1540. The van der Waals surface area contributed by atoms with Crippen LogP contribution in [0.4, 0.5) is 17.2 Å². The third-order valence-corrected chi connectivity index (χ3v) is 10.2. The second-order valence-electron chi connectivity index (χ2n) is 10.1. The van der Waals surface area contributed by atoms with E-state index in [2.05, 4.69) is 25.5 Å². The molecule has 3 aromatic rings. The number of methoxy groups -OCH3 is 1. The Morgan fingerprint density at radius 3 is 2.50 bits per heavy atom. The Morgan fingerprint density at radius 1 is 1.05 bits per heavy atom. The van der Waals surface area contributed by atoms with Crippen LogP contribution in [0.25, 0.3) is 11.0 Å². The van der Waals surface area contributed by atoms with Gasteiger partial charge in [-0.3, -0.25) is 4.90 Å². The van der Waals surface area contributed by atoms with Gasteiger partial charge in [-0.1, -0.05) is 0 Å². The quantitative estimate of drug-likeness (QED) is 0.320. The van der Waals surface area contributed by atoms with E-state index >= 15 is 0 Å². The maximum Gasteiger partial charge on any atom is 0.243 e. The minimum Gasteiger partial charge on any atom is -0.495 e. The molecule has 0 spiro atoms. The molecule has 0 saturated carbocycles. The first-order valence-electron chi connectivity index (χ1n) is 13.3. The van der Waals surface area contributed by atoms with Crippen LogP contribution in [0.2, 0.25) is 0 Å². The van der Waals surface area contributed by atoms with Gasteiger partial charge < -0.3 is 25.1 Å². The fraction of sp³-hybridized carbons (Fsp3) is 0.500. The topological polar surface area (TPSA) is 146 Å². The lowest BCUT2D eigenvalue weighted by Gasteiger charge is -2.39. The van der Waals surface area contributed by atoms with Gasteiger partial charge in [-0.25, -0.2) is 21.8 Å². The van der Waals surface area contributed by atoms with Crippen LogP contribution in [-0.2, 0) is 24.6 Å². The third kappa shape index (κ3) is 6.52. The van der Waals surface area contributed by atoms with Crippen molar-refractivity contribution in [3.63, 3.8) is 0 Å². The predicted octanol–water partition coefficient (Wildman–Crippen LogP) is 2.26. The number of morpholine rings is 1. The van der Waals surface area contributed by atoms with Gasteiger partial charge in [0.1, 0.15) is 27.1 Å². The molecule has 12 nitrogen and oxygen atoms in total. The van der Waals surface area contributed by atoms with Gasteiger partial charge in [0.25, 0.3) is 0 Å². The van der Waals surface area contributed by atoms with E-state index in [0.717, 1.165) is 50.2 Å². The van der Waals surface area contributed by atoms with Crippen LogP contribution in [0.15, 0.2) is 41.4 Å². The number of hydrogen-bond donors (Lipinski definition) is 3. The number of piperidine rings is 1. The van der Waals surface area contributed by atoms with E-state index in [9.17, 15) is 16.8 Å². The number of nitrogens with one attached hydrogen (secondary N) is 3. The lowest BCUT2D eigenvalue weighted by atomic mass is 10.0. The van der Waals surface area contributed by atoms with E-state index in [-0.39, 0.29) is 17.2 Å². The molecular formula is C26H36N6O6S2. The van der Waals surface area contributed by atoms with Gasteiger partial charge in [-0.2, -0.15) is 4.31 Å². The average Bonchev–Trinajstić information content (AvgIpc) is 3.42. The van der Waals surface area contributed by atoms with E-state index in [0.29, 0.717) is 42.0 Å². The molecule has 40 heavy (non-hydrogen) atoms. The highest BCUT2D eigenvalue weighted by Gasteiger charge is 2.32. The second kappa shape index (κ2) is 11.9. The van der Waals surface area contributed by atoms with Gasteiger partial charge in [0, 0.05) is 74.4 Å². The SMILES string of the molecule is COc1cc(S(=O)(=O)N2CCC(N3CCOCC3)CC2)ccc1Nc1cc(NCCS(C)(=O)=O)c2cc[nH]c2n1. The summed E-state index contributed by atoms with van der Waals surface area (Å²) < 4.78 is 62.7. The van der Waals surface area contributed by atoms with Gasteiger partial charge in [-0.05, 0) is 31.0 Å². The summed E-state index contributed by atoms with van der Waals surface area (Å²) >= 11 is 0. The molecule has 1 aromatic carbocycles. The molecule has 0 bridgehead atoms. The fourth-order valence-corrected chi connectivity index (χ4v) is 7.19. The van der Waals surface area contributed by atoms with E-state index in [1.165, 1.54) is 19.4 Å². The molecule has 0 amide bonds.